The maximum absolute atomic E-state index is 3.21. The maximum Gasteiger partial charge on any atom is 1.00 e. The zero-order valence-corrected chi connectivity index (χ0v) is 12.7. The van der Waals surface area contributed by atoms with Crippen molar-refractivity contribution in [3.05, 3.63) is 35.9 Å². The molecule has 0 atom stereocenters. The van der Waals surface area contributed by atoms with Crippen molar-refractivity contribution in [2.24, 2.45) is 0 Å². The summed E-state index contributed by atoms with van der Waals surface area (Å²) in [6.45, 7) is 6.58. The fourth-order valence-electron chi connectivity index (χ4n) is 0.860. The van der Waals surface area contributed by atoms with Crippen molar-refractivity contribution >= 4 is 0 Å². The van der Waals surface area contributed by atoms with Gasteiger partial charge in [0, 0.05) is 0 Å². The van der Waals surface area contributed by atoms with Gasteiger partial charge in [0.1, 0.15) is 0 Å². The van der Waals surface area contributed by atoms with E-state index >= 15 is 0 Å². The van der Waals surface area contributed by atoms with Crippen molar-refractivity contribution in [3.8, 4) is 0 Å². The Morgan fingerprint density at radius 2 is 1.82 bits per heavy atom. The van der Waals surface area contributed by atoms with Crippen molar-refractivity contribution in [1.82, 2.24) is 0 Å². The third kappa shape index (κ3) is 3.98. The fraction of sp³-hybridized carbons (Fsp3) is 0.400. The third-order valence-corrected chi connectivity index (χ3v) is 1.52. The molecule has 0 aromatic heterocycles. The molecule has 54 valence electrons. The predicted molar refractivity (Wildman–Crippen MR) is 44.0 cm³/mol. The first-order valence-corrected chi connectivity index (χ1v) is 3.58. The molecule has 1 rings (SSSR count). The molecule has 0 saturated carbocycles. The summed E-state index contributed by atoms with van der Waals surface area (Å²) < 4.78 is 0. The molecule has 0 saturated heterocycles. The van der Waals surface area contributed by atoms with E-state index in [0.29, 0.717) is 0 Å². The summed E-state index contributed by atoms with van der Waals surface area (Å²) in [6, 6.07) is 11.3. The minimum atomic E-state index is 0. The van der Waals surface area contributed by atoms with Crippen LogP contribution in [0.4, 0.5) is 0 Å². The van der Waals surface area contributed by atoms with Crippen LogP contribution in [0.5, 0.6) is 0 Å². The smallest absolute Gasteiger partial charge is 0.180 e. The normalized spacial score (nSPS) is 10.5. The summed E-state index contributed by atoms with van der Waals surface area (Å²) in [6.07, 6.45) is 0. The number of rotatable bonds is 0. The molecular formula is C10H13Rb. The SMILES string of the molecule is CC(C)(C)c1[c-]cccc1.[Rb+]. The van der Waals surface area contributed by atoms with Gasteiger partial charge in [0.25, 0.3) is 0 Å². The first-order valence-electron chi connectivity index (χ1n) is 3.58. The van der Waals surface area contributed by atoms with Gasteiger partial charge >= 0.3 is 58.2 Å². The quantitative estimate of drug-likeness (QED) is 0.529. The minimum Gasteiger partial charge on any atom is -0.180 e. The Labute approximate surface area is 118 Å². The first kappa shape index (κ1) is 12.0. The Morgan fingerprint density at radius 1 is 1.18 bits per heavy atom. The van der Waals surface area contributed by atoms with Gasteiger partial charge in [-0.2, -0.15) is 35.9 Å². The van der Waals surface area contributed by atoms with Gasteiger partial charge in [0.05, 0.1) is 0 Å². The molecule has 0 spiro atoms. The second-order valence-corrected chi connectivity index (χ2v) is 3.53. The van der Waals surface area contributed by atoms with Crippen LogP contribution < -0.4 is 58.2 Å². The number of hydrogen-bond donors (Lipinski definition) is 0. The minimum absolute atomic E-state index is 0. The molecule has 0 amide bonds. The van der Waals surface area contributed by atoms with Gasteiger partial charge in [-0.3, -0.25) is 0 Å². The van der Waals surface area contributed by atoms with E-state index < -0.39 is 0 Å². The second kappa shape index (κ2) is 4.91. The van der Waals surface area contributed by atoms with E-state index in [9.17, 15) is 0 Å². The summed E-state index contributed by atoms with van der Waals surface area (Å²) in [5.41, 5.74) is 1.51. The Kier molecular flexibility index (Phi) is 5.37. The van der Waals surface area contributed by atoms with Crippen LogP contribution in [-0.2, 0) is 5.41 Å². The predicted octanol–water partition coefficient (Wildman–Crippen LogP) is -0.212. The van der Waals surface area contributed by atoms with E-state index in [0.717, 1.165) is 0 Å². The van der Waals surface area contributed by atoms with E-state index in [4.69, 9.17) is 0 Å². The molecule has 0 unspecified atom stereocenters. The van der Waals surface area contributed by atoms with Gasteiger partial charge in [-0.05, 0) is 5.41 Å². The van der Waals surface area contributed by atoms with E-state index in [1.807, 2.05) is 12.1 Å². The van der Waals surface area contributed by atoms with Crippen molar-refractivity contribution in [2.45, 2.75) is 26.2 Å². The zero-order valence-electron chi connectivity index (χ0n) is 7.81. The van der Waals surface area contributed by atoms with E-state index in [2.05, 4.69) is 39.0 Å². The summed E-state index contributed by atoms with van der Waals surface area (Å²) >= 11 is 0. The molecule has 0 bridgehead atoms. The van der Waals surface area contributed by atoms with E-state index in [1.165, 1.54) is 5.56 Å². The molecule has 0 aliphatic heterocycles. The van der Waals surface area contributed by atoms with E-state index in [-0.39, 0.29) is 63.6 Å². The maximum atomic E-state index is 3.21. The molecule has 0 radical (unpaired) electrons. The topological polar surface area (TPSA) is 0 Å². The first-order chi connectivity index (χ1) is 4.61. The Hall–Kier alpha value is 1.03. The summed E-state index contributed by atoms with van der Waals surface area (Å²) in [4.78, 5) is 0. The van der Waals surface area contributed by atoms with Gasteiger partial charge in [-0.15, -0.1) is 0 Å². The standard InChI is InChI=1S/C10H13.Rb/c1-10(2,3)9-7-5-4-6-8-9;/h4-7H,1-3H3;/q-1;+1. The molecule has 0 nitrogen and oxygen atoms in total. The number of hydrogen-bond acceptors (Lipinski definition) is 0. The van der Waals surface area contributed by atoms with Crippen molar-refractivity contribution in [2.75, 3.05) is 0 Å². The Bertz CT molecular complexity index is 196. The molecule has 0 N–H and O–H groups in total. The average Bonchev–Trinajstić information content (AvgIpc) is 1.88. The third-order valence-electron chi connectivity index (χ3n) is 1.52. The largest absolute Gasteiger partial charge is 1.00 e. The van der Waals surface area contributed by atoms with Gasteiger partial charge in [-0.25, -0.2) is 0 Å². The zero-order chi connectivity index (χ0) is 7.61. The van der Waals surface area contributed by atoms with Gasteiger partial charge in [0.15, 0.2) is 0 Å². The fourth-order valence-corrected chi connectivity index (χ4v) is 0.860. The Balaban J connectivity index is 0.000001000. The van der Waals surface area contributed by atoms with Crippen LogP contribution in [0.15, 0.2) is 24.3 Å². The molecule has 11 heavy (non-hydrogen) atoms. The average molecular weight is 219 g/mol. The molecule has 0 heterocycles. The molecule has 1 heteroatoms. The summed E-state index contributed by atoms with van der Waals surface area (Å²) in [5, 5.41) is 0. The van der Waals surface area contributed by atoms with Gasteiger partial charge < -0.3 is 0 Å². The molecule has 1 aromatic rings. The van der Waals surface area contributed by atoms with Crippen LogP contribution in [-0.4, -0.2) is 0 Å². The molecule has 0 aliphatic rings. The molecule has 0 aliphatic carbocycles. The van der Waals surface area contributed by atoms with Crippen molar-refractivity contribution in [3.63, 3.8) is 0 Å². The second-order valence-electron chi connectivity index (χ2n) is 3.53. The van der Waals surface area contributed by atoms with Crippen LogP contribution >= 0.6 is 0 Å². The van der Waals surface area contributed by atoms with Crippen LogP contribution in [0.25, 0.3) is 0 Å². The van der Waals surface area contributed by atoms with Crippen LogP contribution in [0, 0.1) is 6.07 Å². The van der Waals surface area contributed by atoms with Gasteiger partial charge in [-0.1, -0.05) is 20.8 Å². The van der Waals surface area contributed by atoms with E-state index in [1.54, 1.807) is 0 Å². The number of benzene rings is 1. The van der Waals surface area contributed by atoms with Crippen LogP contribution in [0.3, 0.4) is 0 Å². The molecule has 1 aromatic carbocycles. The summed E-state index contributed by atoms with van der Waals surface area (Å²) in [5.74, 6) is 0. The van der Waals surface area contributed by atoms with Crippen LogP contribution in [0.2, 0.25) is 0 Å². The molecular weight excluding hydrogens is 206 g/mol. The molecule has 0 fully saturated rings. The van der Waals surface area contributed by atoms with Crippen molar-refractivity contribution in [1.29, 1.82) is 0 Å². The van der Waals surface area contributed by atoms with Crippen LogP contribution in [0.1, 0.15) is 26.3 Å². The van der Waals surface area contributed by atoms with Gasteiger partial charge in [0.2, 0.25) is 0 Å². The summed E-state index contributed by atoms with van der Waals surface area (Å²) in [7, 11) is 0. The monoisotopic (exact) mass is 218 g/mol. The van der Waals surface area contributed by atoms with Crippen molar-refractivity contribution < 1.29 is 58.2 Å². The Morgan fingerprint density at radius 3 is 2.09 bits per heavy atom.